The van der Waals surface area contributed by atoms with Gasteiger partial charge in [0.15, 0.2) is 17.4 Å². The van der Waals surface area contributed by atoms with E-state index in [4.69, 9.17) is 18.9 Å². The van der Waals surface area contributed by atoms with Crippen molar-refractivity contribution in [2.24, 2.45) is 5.92 Å². The van der Waals surface area contributed by atoms with Gasteiger partial charge in [0.05, 0.1) is 26.0 Å². The summed E-state index contributed by atoms with van der Waals surface area (Å²) in [5.41, 5.74) is 0.490. The number of amides is 1. The molecule has 13 nitrogen and oxygen atoms in total. The van der Waals surface area contributed by atoms with Crippen LogP contribution in [0.2, 0.25) is 0 Å². The molecule has 4 N–H and O–H groups in total. The third-order valence-corrected chi connectivity index (χ3v) is 13.1. The number of methoxy groups -OCH3 is 2. The highest BCUT2D eigenvalue weighted by Crippen LogP contribution is 2.48. The fraction of sp³-hybridized carbons (Fsp3) is 0.547. The van der Waals surface area contributed by atoms with Gasteiger partial charge < -0.3 is 29.2 Å². The van der Waals surface area contributed by atoms with Crippen molar-refractivity contribution in [1.82, 2.24) is 19.5 Å². The van der Waals surface area contributed by atoms with E-state index in [0.29, 0.717) is 18.1 Å². The molecule has 6 rings (SSSR count). The second-order valence-corrected chi connectivity index (χ2v) is 18.1. The molecule has 1 unspecified atom stereocenters. The van der Waals surface area contributed by atoms with E-state index in [2.05, 4.69) is 27.2 Å². The topological polar surface area (TPSA) is 170 Å². The van der Waals surface area contributed by atoms with E-state index >= 15 is 0 Å². The van der Waals surface area contributed by atoms with Crippen molar-refractivity contribution < 1.29 is 34.0 Å². The van der Waals surface area contributed by atoms with Gasteiger partial charge in [-0.25, -0.2) is 4.98 Å². The quantitative estimate of drug-likeness (QED) is 0.0280. The van der Waals surface area contributed by atoms with Crippen molar-refractivity contribution in [1.29, 1.82) is 0 Å². The Labute approximate surface area is 390 Å². The summed E-state index contributed by atoms with van der Waals surface area (Å²) in [6.07, 6.45) is 15.3. The lowest BCUT2D eigenvalue weighted by Crippen LogP contribution is -2.52. The van der Waals surface area contributed by atoms with Gasteiger partial charge in [0.2, 0.25) is 11.9 Å². The summed E-state index contributed by atoms with van der Waals surface area (Å²) in [6, 6.07) is 24.7. The maximum atomic E-state index is 13.3. The number of hydrogen-bond donors (Lipinski definition) is 4. The number of benzene rings is 3. The number of carbonyl (C=O) groups excluding carboxylic acids is 1. The number of unbranched alkanes of at least 4 members (excludes halogenated alkanes) is 15. The van der Waals surface area contributed by atoms with Gasteiger partial charge in [0.1, 0.15) is 35.9 Å². The second kappa shape index (κ2) is 25.2. The molecule has 5 atom stereocenters. The Hall–Kier alpha value is -5.08. The minimum absolute atomic E-state index is 0.0197. The smallest absolute Gasteiger partial charge is 0.280 e. The number of hydrogen-bond acceptors (Lipinski definition) is 10. The van der Waals surface area contributed by atoms with Crippen LogP contribution >= 0.6 is 0 Å². The number of aromatic nitrogens is 4. The van der Waals surface area contributed by atoms with Crippen molar-refractivity contribution in [2.45, 2.75) is 160 Å². The molecule has 1 amide bonds. The molecular weight excluding hydrogens is 835 g/mol. The normalized spacial score (nSPS) is 17.9. The third kappa shape index (κ3) is 12.3. The van der Waals surface area contributed by atoms with Gasteiger partial charge in [-0.05, 0) is 47.4 Å². The van der Waals surface area contributed by atoms with Crippen LogP contribution < -0.4 is 20.3 Å². The molecule has 1 aliphatic rings. The molecule has 13 heteroatoms. The van der Waals surface area contributed by atoms with Crippen LogP contribution in [0.15, 0.2) is 90.0 Å². The second-order valence-electron chi connectivity index (χ2n) is 18.1. The van der Waals surface area contributed by atoms with E-state index in [1.165, 1.54) is 89.8 Å². The predicted octanol–water partition coefficient (Wildman–Crippen LogP) is 10.0. The lowest BCUT2D eigenvalue weighted by Gasteiger charge is -2.43. The number of fused-ring (bicyclic) bond motifs is 1. The molecule has 0 saturated carbocycles. The molecule has 0 bridgehead atoms. The van der Waals surface area contributed by atoms with Crippen LogP contribution in [0.5, 0.6) is 11.5 Å². The van der Waals surface area contributed by atoms with Crippen LogP contribution in [-0.2, 0) is 19.7 Å². The summed E-state index contributed by atoms with van der Waals surface area (Å²) in [4.78, 5) is 37.6. The molecule has 2 aromatic heterocycles. The zero-order chi connectivity index (χ0) is 46.9. The fourth-order valence-corrected chi connectivity index (χ4v) is 9.31. The zero-order valence-electron chi connectivity index (χ0n) is 39.8. The zero-order valence-corrected chi connectivity index (χ0v) is 39.8. The summed E-state index contributed by atoms with van der Waals surface area (Å²) in [5.74, 6) is 0.547. The largest absolute Gasteiger partial charge is 0.497 e. The van der Waals surface area contributed by atoms with Crippen LogP contribution in [0, 0.1) is 5.92 Å². The maximum Gasteiger partial charge on any atom is 0.280 e. The molecule has 5 aromatic rings. The van der Waals surface area contributed by atoms with Gasteiger partial charge >= 0.3 is 0 Å². The molecule has 3 heterocycles. The van der Waals surface area contributed by atoms with Crippen molar-refractivity contribution >= 4 is 23.0 Å². The number of H-pyrrole nitrogens is 1. The standard InChI is InChI=1S/C53H73N5O8/c1-6-7-8-9-10-11-12-13-14-15-16-17-18-19-20-24-35-65-46-44(59)45(66-51(46)58-36-54-43-48(58)55-52(57-50(43)62)56-49(61)37(2)3)47(60)53(38-25-22-21-23-26-38,39-27-31-41(63-4)32-28-39)40-29-33-42(64-5)34-30-40/h21-23,25-34,36-37,44-47,51,59-60H,6-20,24,35H2,1-5H3,(H2,55,56,57,61,62)/t44-,45+,46-,47?,51-/m1/s1. The number of imidazole rings is 1. The average Bonchev–Trinajstić information content (AvgIpc) is 3.91. The van der Waals surface area contributed by atoms with Crippen LogP contribution in [0.1, 0.15) is 146 Å². The van der Waals surface area contributed by atoms with Crippen molar-refractivity contribution in [3.8, 4) is 11.5 Å². The van der Waals surface area contributed by atoms with E-state index in [0.717, 1.165) is 36.0 Å². The van der Waals surface area contributed by atoms with Gasteiger partial charge in [-0.3, -0.25) is 24.5 Å². The molecule has 0 aliphatic carbocycles. The molecule has 3 aromatic carbocycles. The van der Waals surface area contributed by atoms with Gasteiger partial charge in [0, 0.05) is 12.5 Å². The number of rotatable bonds is 28. The first-order valence-electron chi connectivity index (χ1n) is 24.4. The van der Waals surface area contributed by atoms with Gasteiger partial charge in [0.25, 0.3) is 5.56 Å². The SMILES string of the molecule is CCCCCCCCCCCCCCCCCCO[C@@H]1[C@H](O)[C@@H](C(O)C(c2ccccc2)(c2ccc(OC)cc2)c2ccc(OC)cc2)O[C@H]1n1cnc2c(=O)[nH]c(NC(=O)C(C)C)nc21. The minimum atomic E-state index is -1.42. The maximum absolute atomic E-state index is 13.3. The van der Waals surface area contributed by atoms with Crippen molar-refractivity contribution in [3.05, 3.63) is 112 Å². The van der Waals surface area contributed by atoms with E-state index in [1.807, 2.05) is 78.9 Å². The minimum Gasteiger partial charge on any atom is -0.497 e. The highest BCUT2D eigenvalue weighted by Gasteiger charge is 2.56. The first kappa shape index (κ1) is 50.3. The molecule has 0 spiro atoms. The predicted molar refractivity (Wildman–Crippen MR) is 259 cm³/mol. The highest BCUT2D eigenvalue weighted by molar-refractivity contribution is 5.91. The molecule has 358 valence electrons. The number of carbonyl (C=O) groups is 1. The van der Waals surface area contributed by atoms with Gasteiger partial charge in [-0.2, -0.15) is 4.98 Å². The first-order valence-corrected chi connectivity index (χ1v) is 24.4. The number of aliphatic hydroxyl groups excluding tert-OH is 2. The fourth-order valence-electron chi connectivity index (χ4n) is 9.31. The molecule has 0 radical (unpaired) electrons. The number of aliphatic hydroxyl groups is 2. The highest BCUT2D eigenvalue weighted by atomic mass is 16.6. The lowest BCUT2D eigenvalue weighted by atomic mass is 9.64. The van der Waals surface area contributed by atoms with E-state index in [1.54, 1.807) is 32.6 Å². The van der Waals surface area contributed by atoms with E-state index in [-0.39, 0.29) is 28.9 Å². The van der Waals surface area contributed by atoms with Crippen molar-refractivity contribution in [3.63, 3.8) is 0 Å². The van der Waals surface area contributed by atoms with E-state index in [9.17, 15) is 19.8 Å². The van der Waals surface area contributed by atoms with Gasteiger partial charge in [-0.1, -0.05) is 172 Å². The Kier molecular flexibility index (Phi) is 19.2. The average molecular weight is 908 g/mol. The summed E-state index contributed by atoms with van der Waals surface area (Å²) in [5, 5.41) is 28.4. The number of aromatic amines is 1. The number of nitrogens with one attached hydrogen (secondary N) is 2. The Morgan fingerprint density at radius 1 is 0.773 bits per heavy atom. The van der Waals surface area contributed by atoms with Crippen LogP contribution in [0.4, 0.5) is 5.95 Å². The lowest BCUT2D eigenvalue weighted by molar-refractivity contribution is -0.118. The molecule has 1 fully saturated rings. The Morgan fingerprint density at radius 2 is 1.27 bits per heavy atom. The number of ether oxygens (including phenoxy) is 4. The third-order valence-electron chi connectivity index (χ3n) is 13.1. The van der Waals surface area contributed by atoms with Crippen LogP contribution in [-0.4, -0.2) is 80.9 Å². The van der Waals surface area contributed by atoms with Gasteiger partial charge in [-0.15, -0.1) is 0 Å². The van der Waals surface area contributed by atoms with Crippen LogP contribution in [0.25, 0.3) is 11.2 Å². The van der Waals surface area contributed by atoms with Crippen LogP contribution in [0.3, 0.4) is 0 Å². The Morgan fingerprint density at radius 3 is 1.77 bits per heavy atom. The number of anilines is 1. The molecular formula is C53H73N5O8. The Bertz CT molecular complexity index is 2210. The number of nitrogens with zero attached hydrogens (tertiary/aromatic N) is 3. The Balaban J connectivity index is 1.24. The summed E-state index contributed by atoms with van der Waals surface area (Å²) >= 11 is 0. The summed E-state index contributed by atoms with van der Waals surface area (Å²) in [7, 11) is 3.20. The molecule has 1 aliphatic heterocycles. The van der Waals surface area contributed by atoms with Crippen molar-refractivity contribution in [2.75, 3.05) is 26.1 Å². The molecule has 1 saturated heterocycles. The van der Waals surface area contributed by atoms with E-state index < -0.39 is 41.6 Å². The summed E-state index contributed by atoms with van der Waals surface area (Å²) in [6.45, 7) is 6.08. The first-order chi connectivity index (χ1) is 32.1. The summed E-state index contributed by atoms with van der Waals surface area (Å²) < 4.78 is 26.1. The monoisotopic (exact) mass is 908 g/mol. The molecule has 66 heavy (non-hydrogen) atoms.